The first-order valence-corrected chi connectivity index (χ1v) is 11.0. The average Bonchev–Trinajstić information content (AvgIpc) is 3.46. The Morgan fingerprint density at radius 3 is 2.71 bits per heavy atom. The highest BCUT2D eigenvalue weighted by molar-refractivity contribution is 5.86. The molecule has 5 nitrogen and oxygen atoms in total. The van der Waals surface area contributed by atoms with Crippen molar-refractivity contribution >= 4 is 10.9 Å². The fourth-order valence-electron chi connectivity index (χ4n) is 5.73. The molecule has 2 fully saturated rings. The van der Waals surface area contributed by atoms with Crippen molar-refractivity contribution in [2.45, 2.75) is 25.8 Å². The molecule has 2 aliphatic heterocycles. The van der Waals surface area contributed by atoms with Crippen LogP contribution in [0.3, 0.4) is 0 Å². The summed E-state index contributed by atoms with van der Waals surface area (Å²) in [5.41, 5.74) is 3.74. The van der Waals surface area contributed by atoms with Gasteiger partial charge in [-0.3, -0.25) is 4.90 Å². The van der Waals surface area contributed by atoms with Gasteiger partial charge in [0.25, 0.3) is 0 Å². The van der Waals surface area contributed by atoms with Crippen LogP contribution in [0.5, 0.6) is 11.5 Å². The molecule has 0 amide bonds. The zero-order valence-electron chi connectivity index (χ0n) is 17.3. The summed E-state index contributed by atoms with van der Waals surface area (Å²) in [6, 6.07) is 12.6. The minimum atomic E-state index is -0.258. The number of benzene rings is 2. The maximum absolute atomic E-state index is 13.6. The molecule has 1 saturated carbocycles. The van der Waals surface area contributed by atoms with Gasteiger partial charge in [-0.25, -0.2) is 9.37 Å². The van der Waals surface area contributed by atoms with E-state index in [9.17, 15) is 9.50 Å². The molecule has 31 heavy (non-hydrogen) atoms. The van der Waals surface area contributed by atoms with Crippen molar-refractivity contribution in [3.8, 4) is 22.8 Å². The Morgan fingerprint density at radius 2 is 1.94 bits per heavy atom. The Balaban J connectivity index is 1.42. The summed E-state index contributed by atoms with van der Waals surface area (Å²) in [5, 5.41) is 11.1. The smallest absolute Gasteiger partial charge is 0.231 e. The van der Waals surface area contributed by atoms with Crippen molar-refractivity contribution in [3.05, 3.63) is 53.8 Å². The van der Waals surface area contributed by atoms with Gasteiger partial charge < -0.3 is 14.6 Å². The highest BCUT2D eigenvalue weighted by Crippen LogP contribution is 2.49. The standard InChI is InChI=1S/C25H25FN2O3/c26-20-5-3-16(4-6-20)24-18(11-28-12-19-2-1-7-25(19,13-28)14-29)8-17-9-22-23(31-15-30-22)10-21(17)27-24/h3-6,8-10,19,29H,1-2,7,11-15H2/t19-,25+/m0/s1. The van der Waals surface area contributed by atoms with E-state index >= 15 is 0 Å². The number of ether oxygens (including phenoxy) is 2. The monoisotopic (exact) mass is 420 g/mol. The molecule has 0 unspecified atom stereocenters. The summed E-state index contributed by atoms with van der Waals surface area (Å²) in [4.78, 5) is 7.42. The largest absolute Gasteiger partial charge is 0.454 e. The van der Waals surface area contributed by atoms with Gasteiger partial charge in [0, 0.05) is 42.1 Å². The van der Waals surface area contributed by atoms with E-state index in [1.807, 2.05) is 12.1 Å². The van der Waals surface area contributed by atoms with E-state index in [1.54, 1.807) is 12.1 Å². The highest BCUT2D eigenvalue weighted by Gasteiger charge is 2.48. The van der Waals surface area contributed by atoms with Crippen molar-refractivity contribution in [2.75, 3.05) is 26.5 Å². The molecule has 3 aliphatic rings. The first-order valence-electron chi connectivity index (χ1n) is 11.0. The van der Waals surface area contributed by atoms with E-state index in [2.05, 4.69) is 11.0 Å². The maximum atomic E-state index is 13.6. The third-order valence-electron chi connectivity index (χ3n) is 7.32. The first-order chi connectivity index (χ1) is 15.1. The zero-order valence-corrected chi connectivity index (χ0v) is 17.3. The molecule has 1 N–H and O–H groups in total. The fourth-order valence-corrected chi connectivity index (χ4v) is 5.73. The van der Waals surface area contributed by atoms with E-state index in [-0.39, 0.29) is 24.6 Å². The molecule has 0 radical (unpaired) electrons. The molecule has 1 saturated heterocycles. The van der Waals surface area contributed by atoms with Gasteiger partial charge >= 0.3 is 0 Å². The molecule has 0 spiro atoms. The van der Waals surface area contributed by atoms with Crippen LogP contribution in [0.4, 0.5) is 4.39 Å². The number of aliphatic hydroxyl groups excluding tert-OH is 1. The minimum Gasteiger partial charge on any atom is -0.454 e. The van der Waals surface area contributed by atoms with Gasteiger partial charge in [-0.05, 0) is 60.7 Å². The minimum absolute atomic E-state index is 0.0479. The highest BCUT2D eigenvalue weighted by atomic mass is 19.1. The number of nitrogens with zero attached hydrogens (tertiary/aromatic N) is 2. The Kier molecular flexibility index (Phi) is 4.40. The number of aromatic nitrogens is 1. The molecule has 160 valence electrons. The van der Waals surface area contributed by atoms with Crippen molar-refractivity contribution in [2.24, 2.45) is 11.3 Å². The van der Waals surface area contributed by atoms with Gasteiger partial charge in [0.2, 0.25) is 6.79 Å². The summed E-state index contributed by atoms with van der Waals surface area (Å²) >= 11 is 0. The number of hydrogen-bond acceptors (Lipinski definition) is 5. The van der Waals surface area contributed by atoms with Crippen LogP contribution in [0.15, 0.2) is 42.5 Å². The van der Waals surface area contributed by atoms with Gasteiger partial charge in [-0.1, -0.05) is 6.42 Å². The van der Waals surface area contributed by atoms with Crippen LogP contribution in [0, 0.1) is 17.2 Å². The fraction of sp³-hybridized carbons (Fsp3) is 0.400. The Bertz CT molecular complexity index is 1150. The molecule has 3 heterocycles. The lowest BCUT2D eigenvalue weighted by atomic mass is 9.82. The third-order valence-corrected chi connectivity index (χ3v) is 7.32. The summed E-state index contributed by atoms with van der Waals surface area (Å²) in [5.74, 6) is 1.75. The summed E-state index contributed by atoms with van der Waals surface area (Å²) in [6.45, 7) is 3.15. The van der Waals surface area contributed by atoms with E-state index in [1.165, 1.54) is 25.0 Å². The zero-order chi connectivity index (χ0) is 21.0. The predicted octanol–water partition coefficient (Wildman–Crippen LogP) is 4.36. The number of likely N-dealkylation sites (tertiary alicyclic amines) is 1. The second kappa shape index (κ2) is 7.18. The Hall–Kier alpha value is -2.70. The molecule has 6 rings (SSSR count). The lowest BCUT2D eigenvalue weighted by Crippen LogP contribution is -2.30. The SMILES string of the molecule is OC[C@]12CCC[C@H]1CN(Cc1cc3cc4c(cc3nc1-c1ccc(F)cc1)OCO4)C2. The molecule has 3 aromatic rings. The van der Waals surface area contributed by atoms with Crippen LogP contribution in [-0.2, 0) is 6.54 Å². The van der Waals surface area contributed by atoms with E-state index in [4.69, 9.17) is 14.5 Å². The molecule has 1 aromatic heterocycles. The van der Waals surface area contributed by atoms with E-state index < -0.39 is 0 Å². The van der Waals surface area contributed by atoms with Crippen molar-refractivity contribution < 1.29 is 19.0 Å². The Morgan fingerprint density at radius 1 is 1.13 bits per heavy atom. The molecule has 0 bridgehead atoms. The number of aliphatic hydroxyl groups is 1. The Labute approximate surface area is 180 Å². The van der Waals surface area contributed by atoms with Crippen LogP contribution in [0.25, 0.3) is 22.2 Å². The van der Waals surface area contributed by atoms with Crippen molar-refractivity contribution in [1.82, 2.24) is 9.88 Å². The average molecular weight is 420 g/mol. The van der Waals surface area contributed by atoms with Crippen LogP contribution in [-0.4, -0.2) is 41.5 Å². The number of pyridine rings is 1. The van der Waals surface area contributed by atoms with Crippen LogP contribution in [0.1, 0.15) is 24.8 Å². The van der Waals surface area contributed by atoms with Gasteiger partial charge in [0.05, 0.1) is 17.8 Å². The second-order valence-electron chi connectivity index (χ2n) is 9.18. The van der Waals surface area contributed by atoms with E-state index in [0.717, 1.165) is 59.5 Å². The maximum Gasteiger partial charge on any atom is 0.231 e. The van der Waals surface area contributed by atoms with E-state index in [0.29, 0.717) is 11.7 Å². The lowest BCUT2D eigenvalue weighted by Gasteiger charge is -2.26. The quantitative estimate of drug-likeness (QED) is 0.680. The normalized spacial score (nSPS) is 24.8. The van der Waals surface area contributed by atoms with Crippen LogP contribution < -0.4 is 9.47 Å². The third kappa shape index (κ3) is 3.17. The summed E-state index contributed by atoms with van der Waals surface area (Å²) < 4.78 is 24.6. The van der Waals surface area contributed by atoms with Gasteiger partial charge in [0.15, 0.2) is 11.5 Å². The molecular formula is C25H25FN2O3. The molecular weight excluding hydrogens is 395 g/mol. The van der Waals surface area contributed by atoms with Crippen LogP contribution >= 0.6 is 0 Å². The van der Waals surface area contributed by atoms with Gasteiger partial charge in [-0.2, -0.15) is 0 Å². The summed E-state index contributed by atoms with van der Waals surface area (Å²) in [7, 11) is 0. The number of halogens is 1. The predicted molar refractivity (Wildman–Crippen MR) is 115 cm³/mol. The second-order valence-corrected chi connectivity index (χ2v) is 9.18. The first kappa shape index (κ1) is 19.0. The van der Waals surface area contributed by atoms with Crippen molar-refractivity contribution in [1.29, 1.82) is 0 Å². The van der Waals surface area contributed by atoms with Gasteiger partial charge in [-0.15, -0.1) is 0 Å². The molecule has 2 atom stereocenters. The number of hydrogen-bond donors (Lipinski definition) is 1. The summed E-state index contributed by atoms with van der Waals surface area (Å²) in [6.07, 6.45) is 3.51. The number of rotatable bonds is 4. The van der Waals surface area contributed by atoms with Crippen molar-refractivity contribution in [3.63, 3.8) is 0 Å². The van der Waals surface area contributed by atoms with Crippen LogP contribution in [0.2, 0.25) is 0 Å². The van der Waals surface area contributed by atoms with Gasteiger partial charge in [0.1, 0.15) is 5.82 Å². The molecule has 2 aromatic carbocycles. The topological polar surface area (TPSA) is 54.8 Å². The molecule has 1 aliphatic carbocycles. The number of fused-ring (bicyclic) bond motifs is 3. The molecule has 6 heteroatoms. The lowest BCUT2D eigenvalue weighted by molar-refractivity contribution is 0.111.